The van der Waals surface area contributed by atoms with E-state index in [0.717, 1.165) is 17.3 Å². The van der Waals surface area contributed by atoms with Crippen molar-refractivity contribution < 1.29 is 13.6 Å². The van der Waals surface area contributed by atoms with Gasteiger partial charge in [0.2, 0.25) is 5.91 Å². The van der Waals surface area contributed by atoms with E-state index in [-0.39, 0.29) is 16.9 Å². The summed E-state index contributed by atoms with van der Waals surface area (Å²) in [6.45, 7) is 1.79. The van der Waals surface area contributed by atoms with E-state index in [1.807, 2.05) is 6.07 Å². The highest BCUT2D eigenvalue weighted by Gasteiger charge is 2.12. The van der Waals surface area contributed by atoms with Crippen molar-refractivity contribution in [2.75, 3.05) is 11.1 Å². The quantitative estimate of drug-likeness (QED) is 0.715. The van der Waals surface area contributed by atoms with Crippen LogP contribution in [0.4, 0.5) is 10.1 Å². The molecule has 122 valence electrons. The Labute approximate surface area is 141 Å². The number of aryl methyl sites for hydroxylation is 1. The van der Waals surface area contributed by atoms with Crippen molar-refractivity contribution in [1.82, 2.24) is 15.2 Å². The average Bonchev–Trinajstić information content (AvgIpc) is 3.06. The van der Waals surface area contributed by atoms with E-state index in [1.54, 1.807) is 31.3 Å². The lowest BCUT2D eigenvalue weighted by atomic mass is 10.2. The fourth-order valence-corrected chi connectivity index (χ4v) is 2.47. The molecule has 0 unspecified atom stereocenters. The highest BCUT2D eigenvalue weighted by atomic mass is 32.2. The molecule has 2 heterocycles. The van der Waals surface area contributed by atoms with Crippen LogP contribution in [0.15, 0.2) is 52.2 Å². The van der Waals surface area contributed by atoms with Crippen LogP contribution in [-0.2, 0) is 4.79 Å². The number of hydrogen-bond donors (Lipinski definition) is 1. The van der Waals surface area contributed by atoms with Gasteiger partial charge in [0.25, 0.3) is 11.1 Å². The molecule has 0 atom stereocenters. The molecule has 24 heavy (non-hydrogen) atoms. The Balaban J connectivity index is 1.59. The maximum absolute atomic E-state index is 13.2. The summed E-state index contributed by atoms with van der Waals surface area (Å²) in [5.41, 5.74) is 1.79. The number of amides is 1. The molecule has 1 N–H and O–H groups in total. The molecule has 0 aliphatic heterocycles. The van der Waals surface area contributed by atoms with Gasteiger partial charge in [-0.2, -0.15) is 0 Å². The number of rotatable bonds is 5. The largest absolute Gasteiger partial charge is 0.410 e. The zero-order chi connectivity index (χ0) is 16.9. The highest BCUT2D eigenvalue weighted by molar-refractivity contribution is 7.99. The average molecular weight is 344 g/mol. The zero-order valence-corrected chi connectivity index (χ0v) is 13.5. The van der Waals surface area contributed by atoms with Crippen molar-refractivity contribution in [3.63, 3.8) is 0 Å². The minimum atomic E-state index is -0.402. The first kappa shape index (κ1) is 16.1. The van der Waals surface area contributed by atoms with Gasteiger partial charge in [0, 0.05) is 11.9 Å². The molecule has 0 saturated carbocycles. The number of nitrogens with zero attached hydrogens (tertiary/aromatic N) is 3. The zero-order valence-electron chi connectivity index (χ0n) is 12.7. The van der Waals surface area contributed by atoms with Crippen molar-refractivity contribution >= 4 is 23.4 Å². The minimum absolute atomic E-state index is 0.0693. The van der Waals surface area contributed by atoms with Gasteiger partial charge < -0.3 is 9.73 Å². The standard InChI is InChI=1S/C16H13FN4O2S/c1-10-5-6-11(17)8-13(10)19-14(22)9-24-16-21-20-15(23-16)12-4-2-3-7-18-12/h2-8H,9H2,1H3,(H,19,22). The Hall–Kier alpha value is -2.74. The van der Waals surface area contributed by atoms with Crippen LogP contribution in [0.2, 0.25) is 0 Å². The van der Waals surface area contributed by atoms with Crippen LogP contribution in [0.1, 0.15) is 5.56 Å². The number of benzene rings is 1. The summed E-state index contributed by atoms with van der Waals surface area (Å²) in [6.07, 6.45) is 1.63. The van der Waals surface area contributed by atoms with Gasteiger partial charge in [-0.05, 0) is 36.8 Å². The Morgan fingerprint density at radius 3 is 2.96 bits per heavy atom. The molecule has 0 aliphatic rings. The number of halogens is 1. The summed E-state index contributed by atoms with van der Waals surface area (Å²) >= 11 is 1.10. The predicted octanol–water partition coefficient (Wildman–Crippen LogP) is 3.31. The molecule has 8 heteroatoms. The van der Waals surface area contributed by atoms with Crippen LogP contribution < -0.4 is 5.32 Å². The van der Waals surface area contributed by atoms with Crippen LogP contribution in [0.3, 0.4) is 0 Å². The van der Waals surface area contributed by atoms with Crippen LogP contribution in [0, 0.1) is 12.7 Å². The molecular weight excluding hydrogens is 331 g/mol. The van der Waals surface area contributed by atoms with E-state index in [1.165, 1.54) is 12.1 Å². The maximum atomic E-state index is 13.2. The van der Waals surface area contributed by atoms with Crippen LogP contribution in [-0.4, -0.2) is 26.8 Å². The van der Waals surface area contributed by atoms with Crippen molar-refractivity contribution in [2.24, 2.45) is 0 Å². The molecule has 0 saturated heterocycles. The van der Waals surface area contributed by atoms with E-state index < -0.39 is 5.82 Å². The second-order valence-corrected chi connectivity index (χ2v) is 5.81. The number of thioether (sulfide) groups is 1. The molecule has 3 rings (SSSR count). The van der Waals surface area contributed by atoms with Gasteiger partial charge in [0.15, 0.2) is 0 Å². The van der Waals surface area contributed by atoms with Crippen molar-refractivity contribution in [2.45, 2.75) is 12.1 Å². The fourth-order valence-electron chi connectivity index (χ4n) is 1.90. The molecule has 0 aliphatic carbocycles. The van der Waals surface area contributed by atoms with Crippen LogP contribution in [0.5, 0.6) is 0 Å². The third-order valence-corrected chi connectivity index (χ3v) is 3.91. The maximum Gasteiger partial charge on any atom is 0.277 e. The monoisotopic (exact) mass is 344 g/mol. The van der Waals surface area contributed by atoms with Crippen molar-refractivity contribution in [1.29, 1.82) is 0 Å². The second kappa shape index (κ2) is 7.22. The molecule has 0 fully saturated rings. The normalized spacial score (nSPS) is 10.6. The van der Waals surface area contributed by atoms with Crippen LogP contribution in [0.25, 0.3) is 11.6 Å². The molecule has 0 spiro atoms. The van der Waals surface area contributed by atoms with Gasteiger partial charge in [0.1, 0.15) is 11.5 Å². The SMILES string of the molecule is Cc1ccc(F)cc1NC(=O)CSc1nnc(-c2ccccn2)o1. The lowest BCUT2D eigenvalue weighted by Crippen LogP contribution is -2.15. The Morgan fingerprint density at radius 2 is 2.17 bits per heavy atom. The Kier molecular flexibility index (Phi) is 4.85. The third kappa shape index (κ3) is 3.96. The summed E-state index contributed by atoms with van der Waals surface area (Å²) < 4.78 is 18.7. The van der Waals surface area contributed by atoms with Gasteiger partial charge in [-0.1, -0.05) is 23.9 Å². The smallest absolute Gasteiger partial charge is 0.277 e. The predicted molar refractivity (Wildman–Crippen MR) is 88.0 cm³/mol. The summed E-state index contributed by atoms with van der Waals surface area (Å²) in [6, 6.07) is 9.58. The lowest BCUT2D eigenvalue weighted by molar-refractivity contribution is -0.113. The molecule has 0 bridgehead atoms. The Bertz CT molecular complexity index is 854. The highest BCUT2D eigenvalue weighted by Crippen LogP contribution is 2.22. The summed E-state index contributed by atoms with van der Waals surface area (Å²) in [4.78, 5) is 16.1. The molecule has 6 nitrogen and oxygen atoms in total. The summed E-state index contributed by atoms with van der Waals surface area (Å²) in [5.74, 6) is -0.328. The van der Waals surface area contributed by atoms with E-state index in [0.29, 0.717) is 17.3 Å². The Morgan fingerprint density at radius 1 is 1.29 bits per heavy atom. The molecule has 3 aromatic rings. The van der Waals surface area contributed by atoms with Gasteiger partial charge in [-0.15, -0.1) is 10.2 Å². The van der Waals surface area contributed by atoms with Gasteiger partial charge in [-0.3, -0.25) is 9.78 Å². The fraction of sp³-hybridized carbons (Fsp3) is 0.125. The first-order valence-electron chi connectivity index (χ1n) is 7.05. The minimum Gasteiger partial charge on any atom is -0.410 e. The van der Waals surface area contributed by atoms with E-state index >= 15 is 0 Å². The van der Waals surface area contributed by atoms with Gasteiger partial charge in [0.05, 0.1) is 5.75 Å². The number of aromatic nitrogens is 3. The van der Waals surface area contributed by atoms with Gasteiger partial charge in [-0.25, -0.2) is 4.39 Å². The van der Waals surface area contributed by atoms with Crippen molar-refractivity contribution in [3.8, 4) is 11.6 Å². The third-order valence-electron chi connectivity index (χ3n) is 3.09. The molecule has 1 amide bonds. The van der Waals surface area contributed by atoms with Crippen LogP contribution >= 0.6 is 11.8 Å². The number of pyridine rings is 1. The molecule has 2 aromatic heterocycles. The topological polar surface area (TPSA) is 80.9 Å². The molecule has 0 radical (unpaired) electrons. The van der Waals surface area contributed by atoms with E-state index in [9.17, 15) is 9.18 Å². The van der Waals surface area contributed by atoms with E-state index in [2.05, 4.69) is 20.5 Å². The first-order chi connectivity index (χ1) is 11.6. The number of carbonyl (C=O) groups is 1. The number of hydrogen-bond acceptors (Lipinski definition) is 6. The lowest BCUT2D eigenvalue weighted by Gasteiger charge is -2.07. The number of nitrogens with one attached hydrogen (secondary N) is 1. The molecular formula is C16H13FN4O2S. The number of carbonyl (C=O) groups excluding carboxylic acids is 1. The van der Waals surface area contributed by atoms with E-state index in [4.69, 9.17) is 4.42 Å². The second-order valence-electron chi connectivity index (χ2n) is 4.88. The first-order valence-corrected chi connectivity index (χ1v) is 8.04. The van der Waals surface area contributed by atoms with Gasteiger partial charge >= 0.3 is 0 Å². The molecule has 1 aromatic carbocycles. The number of anilines is 1. The summed E-state index contributed by atoms with van der Waals surface area (Å²) in [5, 5.41) is 10.7. The van der Waals surface area contributed by atoms with Crippen molar-refractivity contribution in [3.05, 3.63) is 54.0 Å². The summed E-state index contributed by atoms with van der Waals surface area (Å²) in [7, 11) is 0.